The van der Waals surface area contributed by atoms with Crippen LogP contribution >= 0.6 is 0 Å². The second kappa shape index (κ2) is 7.39. The zero-order valence-electron chi connectivity index (χ0n) is 12.2. The lowest BCUT2D eigenvalue weighted by atomic mass is 10.1. The summed E-state index contributed by atoms with van der Waals surface area (Å²) >= 11 is 0. The van der Waals surface area contributed by atoms with Crippen LogP contribution in [-0.2, 0) is 13.2 Å². The first-order valence-electron chi connectivity index (χ1n) is 7.20. The normalized spacial score (nSPS) is 18.1. The number of aliphatic hydroxyl groups is 1. The zero-order valence-corrected chi connectivity index (χ0v) is 12.2. The SMILES string of the molecule is OCc1ccc(CN2CCN(CC(F)(F)C(F)F)CC2)cc1. The van der Waals surface area contributed by atoms with Crippen LogP contribution in [0.2, 0.25) is 0 Å². The minimum absolute atomic E-state index is 0.00268. The van der Waals surface area contributed by atoms with Gasteiger partial charge in [-0.1, -0.05) is 24.3 Å². The van der Waals surface area contributed by atoms with Gasteiger partial charge in [0.25, 0.3) is 0 Å². The Bertz CT molecular complexity index is 459. The molecule has 0 amide bonds. The molecule has 22 heavy (non-hydrogen) atoms. The molecule has 1 aliphatic rings. The van der Waals surface area contributed by atoms with Gasteiger partial charge in [-0.3, -0.25) is 9.80 Å². The molecule has 0 aromatic heterocycles. The maximum Gasteiger partial charge on any atom is 0.319 e. The number of piperazine rings is 1. The number of alkyl halides is 4. The van der Waals surface area contributed by atoms with Crippen LogP contribution in [0.3, 0.4) is 0 Å². The van der Waals surface area contributed by atoms with E-state index in [9.17, 15) is 17.6 Å². The van der Waals surface area contributed by atoms with Gasteiger partial charge in [-0.2, -0.15) is 8.78 Å². The summed E-state index contributed by atoms with van der Waals surface area (Å²) in [4.78, 5) is 3.49. The standard InChI is InChI=1S/C15H20F4N2O/c16-14(17)15(18,19)11-21-7-5-20(6-8-21)9-12-1-3-13(10-22)4-2-12/h1-4,14,22H,5-11H2. The number of rotatable bonds is 6. The maximum atomic E-state index is 13.0. The Hall–Kier alpha value is -1.18. The average molecular weight is 320 g/mol. The van der Waals surface area contributed by atoms with Crippen molar-refractivity contribution < 1.29 is 22.7 Å². The third kappa shape index (κ3) is 4.66. The quantitative estimate of drug-likeness (QED) is 0.814. The number of nitrogens with zero attached hydrogens (tertiary/aromatic N) is 2. The monoisotopic (exact) mass is 320 g/mol. The Balaban J connectivity index is 1.79. The van der Waals surface area contributed by atoms with E-state index in [1.807, 2.05) is 24.3 Å². The molecule has 124 valence electrons. The molecule has 0 spiro atoms. The largest absolute Gasteiger partial charge is 0.392 e. The van der Waals surface area contributed by atoms with Crippen LogP contribution in [0.25, 0.3) is 0 Å². The van der Waals surface area contributed by atoms with Crippen molar-refractivity contribution >= 4 is 0 Å². The van der Waals surface area contributed by atoms with E-state index in [2.05, 4.69) is 4.90 Å². The first-order valence-corrected chi connectivity index (χ1v) is 7.20. The molecule has 2 rings (SSSR count). The molecule has 7 heteroatoms. The zero-order chi connectivity index (χ0) is 16.2. The van der Waals surface area contributed by atoms with Crippen molar-refractivity contribution in [2.45, 2.75) is 25.5 Å². The van der Waals surface area contributed by atoms with E-state index in [4.69, 9.17) is 5.11 Å². The Morgan fingerprint density at radius 1 is 0.955 bits per heavy atom. The Morgan fingerprint density at radius 2 is 1.45 bits per heavy atom. The molecule has 3 nitrogen and oxygen atoms in total. The van der Waals surface area contributed by atoms with Gasteiger partial charge in [0.05, 0.1) is 13.2 Å². The molecule has 0 saturated carbocycles. The molecule has 1 heterocycles. The van der Waals surface area contributed by atoms with Gasteiger partial charge in [0, 0.05) is 32.7 Å². The molecule has 1 fully saturated rings. The molecular weight excluding hydrogens is 300 g/mol. The molecule has 0 aliphatic carbocycles. The highest BCUT2D eigenvalue weighted by Crippen LogP contribution is 2.24. The van der Waals surface area contributed by atoms with Gasteiger partial charge in [-0.15, -0.1) is 0 Å². The van der Waals surface area contributed by atoms with Crippen LogP contribution < -0.4 is 0 Å². The van der Waals surface area contributed by atoms with E-state index in [-0.39, 0.29) is 6.61 Å². The molecular formula is C15H20F4N2O. The van der Waals surface area contributed by atoms with Crippen molar-refractivity contribution in [3.05, 3.63) is 35.4 Å². The molecule has 1 aromatic rings. The highest BCUT2D eigenvalue weighted by Gasteiger charge is 2.42. The fourth-order valence-corrected chi connectivity index (χ4v) is 2.48. The van der Waals surface area contributed by atoms with Gasteiger partial charge in [-0.25, -0.2) is 8.78 Å². The van der Waals surface area contributed by atoms with Crippen molar-refractivity contribution in [3.63, 3.8) is 0 Å². The lowest BCUT2D eigenvalue weighted by Gasteiger charge is -2.36. The molecule has 0 atom stereocenters. The van der Waals surface area contributed by atoms with Crippen molar-refractivity contribution in [2.75, 3.05) is 32.7 Å². The Kier molecular flexibility index (Phi) is 5.77. The van der Waals surface area contributed by atoms with E-state index in [0.717, 1.165) is 11.1 Å². The summed E-state index contributed by atoms with van der Waals surface area (Å²) in [5, 5.41) is 8.98. The number of hydrogen-bond donors (Lipinski definition) is 1. The molecule has 1 N–H and O–H groups in total. The summed E-state index contributed by atoms with van der Waals surface area (Å²) in [6.45, 7) is 1.65. The predicted octanol–water partition coefficient (Wildman–Crippen LogP) is 2.20. The van der Waals surface area contributed by atoms with Crippen LogP contribution in [0.15, 0.2) is 24.3 Å². The number of hydrogen-bond acceptors (Lipinski definition) is 3. The van der Waals surface area contributed by atoms with Crippen molar-refractivity contribution in [2.24, 2.45) is 0 Å². The van der Waals surface area contributed by atoms with Crippen molar-refractivity contribution in [3.8, 4) is 0 Å². The second-order valence-corrected chi connectivity index (χ2v) is 5.59. The van der Waals surface area contributed by atoms with Crippen LogP contribution in [0, 0.1) is 0 Å². The summed E-state index contributed by atoms with van der Waals surface area (Å²) < 4.78 is 50.4. The number of benzene rings is 1. The van der Waals surface area contributed by atoms with Gasteiger partial charge in [-0.05, 0) is 11.1 Å². The van der Waals surface area contributed by atoms with Crippen LogP contribution in [0.5, 0.6) is 0 Å². The van der Waals surface area contributed by atoms with Crippen LogP contribution in [0.4, 0.5) is 17.6 Å². The molecule has 1 saturated heterocycles. The van der Waals surface area contributed by atoms with Gasteiger partial charge < -0.3 is 5.11 Å². The van der Waals surface area contributed by atoms with Gasteiger partial charge in [0.2, 0.25) is 0 Å². The smallest absolute Gasteiger partial charge is 0.319 e. The van der Waals surface area contributed by atoms with E-state index in [1.165, 1.54) is 4.90 Å². The molecule has 1 aliphatic heterocycles. The third-order valence-corrected chi connectivity index (χ3v) is 3.83. The summed E-state index contributed by atoms with van der Waals surface area (Å²) in [6, 6.07) is 7.52. The van der Waals surface area contributed by atoms with E-state index < -0.39 is 18.9 Å². The van der Waals surface area contributed by atoms with E-state index >= 15 is 0 Å². The molecule has 0 bridgehead atoms. The summed E-state index contributed by atoms with van der Waals surface area (Å²) in [5.74, 6) is -3.94. The maximum absolute atomic E-state index is 13.0. The van der Waals surface area contributed by atoms with Crippen molar-refractivity contribution in [1.82, 2.24) is 9.80 Å². The average Bonchev–Trinajstić information content (AvgIpc) is 2.49. The van der Waals surface area contributed by atoms with E-state index in [0.29, 0.717) is 32.7 Å². The van der Waals surface area contributed by atoms with Gasteiger partial charge in [0.15, 0.2) is 0 Å². The minimum atomic E-state index is -3.94. The number of aliphatic hydroxyl groups excluding tert-OH is 1. The molecule has 1 aromatic carbocycles. The molecule has 0 unspecified atom stereocenters. The first kappa shape index (κ1) is 17.2. The lowest BCUT2D eigenvalue weighted by Crippen LogP contribution is -2.51. The summed E-state index contributed by atoms with van der Waals surface area (Å²) in [5.41, 5.74) is 1.91. The highest BCUT2D eigenvalue weighted by molar-refractivity contribution is 5.21. The number of halogens is 4. The predicted molar refractivity (Wildman–Crippen MR) is 75.0 cm³/mol. The van der Waals surface area contributed by atoms with Crippen LogP contribution in [-0.4, -0.2) is 60.0 Å². The first-order chi connectivity index (χ1) is 10.4. The summed E-state index contributed by atoms with van der Waals surface area (Å²) in [7, 11) is 0. The van der Waals surface area contributed by atoms with Gasteiger partial charge in [0.1, 0.15) is 0 Å². The van der Waals surface area contributed by atoms with Crippen LogP contribution in [0.1, 0.15) is 11.1 Å². The fourth-order valence-electron chi connectivity index (χ4n) is 2.48. The van der Waals surface area contributed by atoms with E-state index in [1.54, 1.807) is 0 Å². The third-order valence-electron chi connectivity index (χ3n) is 3.83. The van der Waals surface area contributed by atoms with Gasteiger partial charge >= 0.3 is 12.3 Å². The highest BCUT2D eigenvalue weighted by atomic mass is 19.3. The molecule has 0 radical (unpaired) electrons. The van der Waals surface area contributed by atoms with Crippen molar-refractivity contribution in [1.29, 1.82) is 0 Å². The fraction of sp³-hybridized carbons (Fsp3) is 0.600. The Labute approximate surface area is 127 Å². The minimum Gasteiger partial charge on any atom is -0.392 e. The lowest BCUT2D eigenvalue weighted by molar-refractivity contribution is -0.145. The second-order valence-electron chi connectivity index (χ2n) is 5.59. The topological polar surface area (TPSA) is 26.7 Å². The Morgan fingerprint density at radius 3 is 1.95 bits per heavy atom. The summed E-state index contributed by atoms with van der Waals surface area (Å²) in [6.07, 6.45) is -3.62.